The summed E-state index contributed by atoms with van der Waals surface area (Å²) in [5.74, 6) is -0.315. The van der Waals surface area contributed by atoms with E-state index in [1.165, 1.54) is 30.6 Å². The first-order valence-electron chi connectivity index (χ1n) is 7.79. The number of hydrogen-bond acceptors (Lipinski definition) is 2. The number of carboxylic acids is 1. The predicted molar refractivity (Wildman–Crippen MR) is 76.6 cm³/mol. The second-order valence-corrected chi connectivity index (χ2v) is 6.35. The summed E-state index contributed by atoms with van der Waals surface area (Å²) in [6, 6.07) is 0.168. The number of likely N-dealkylation sites (tertiary alicyclic amines) is 1. The Morgan fingerprint density at radius 1 is 1.20 bits per heavy atom. The molecule has 2 unspecified atom stereocenters. The zero-order valence-corrected chi connectivity index (χ0v) is 12.5. The average Bonchev–Trinajstić information content (AvgIpc) is 2.43. The molecule has 114 valence electrons. The fourth-order valence-electron chi connectivity index (χ4n) is 3.64. The Morgan fingerprint density at radius 2 is 1.85 bits per heavy atom. The highest BCUT2D eigenvalue weighted by atomic mass is 16.4. The third-order valence-electron chi connectivity index (χ3n) is 4.66. The molecule has 0 aromatic heterocycles. The van der Waals surface area contributed by atoms with E-state index in [0.717, 1.165) is 19.4 Å². The Bertz CT molecular complexity index is 368. The molecule has 1 saturated heterocycles. The lowest BCUT2D eigenvalue weighted by Gasteiger charge is -2.46. The molecule has 2 fully saturated rings. The van der Waals surface area contributed by atoms with Gasteiger partial charge in [0.1, 0.15) is 6.54 Å². The number of carbonyl (C=O) groups is 2. The van der Waals surface area contributed by atoms with Gasteiger partial charge in [0, 0.05) is 18.6 Å². The van der Waals surface area contributed by atoms with E-state index in [1.54, 1.807) is 0 Å². The van der Waals surface area contributed by atoms with Gasteiger partial charge in [-0.25, -0.2) is 4.79 Å². The highest BCUT2D eigenvalue weighted by molar-refractivity contribution is 5.80. The van der Waals surface area contributed by atoms with Crippen LogP contribution < -0.4 is 0 Å². The molecule has 1 aliphatic heterocycles. The van der Waals surface area contributed by atoms with Gasteiger partial charge in [-0.15, -0.1) is 0 Å². The average molecular weight is 282 g/mol. The van der Waals surface area contributed by atoms with Crippen molar-refractivity contribution in [2.45, 2.75) is 64.5 Å². The van der Waals surface area contributed by atoms with Gasteiger partial charge in [0.2, 0.25) is 0 Å². The van der Waals surface area contributed by atoms with Crippen LogP contribution in [0, 0.1) is 5.92 Å². The first-order chi connectivity index (χ1) is 9.50. The van der Waals surface area contributed by atoms with Crippen LogP contribution in [0.25, 0.3) is 0 Å². The van der Waals surface area contributed by atoms with Crippen LogP contribution in [-0.2, 0) is 4.79 Å². The molecule has 0 radical (unpaired) electrons. The lowest BCUT2D eigenvalue weighted by molar-refractivity contribution is -0.138. The topological polar surface area (TPSA) is 60.9 Å². The summed E-state index contributed by atoms with van der Waals surface area (Å²) in [6.45, 7) is 4.33. The van der Waals surface area contributed by atoms with Gasteiger partial charge >= 0.3 is 12.0 Å². The zero-order chi connectivity index (χ0) is 14.7. The maximum absolute atomic E-state index is 12.7. The molecule has 0 spiro atoms. The third-order valence-corrected chi connectivity index (χ3v) is 4.66. The van der Waals surface area contributed by atoms with E-state index in [2.05, 4.69) is 0 Å². The number of hydrogen-bond donors (Lipinski definition) is 1. The van der Waals surface area contributed by atoms with Crippen LogP contribution in [0.4, 0.5) is 4.79 Å². The third kappa shape index (κ3) is 3.25. The summed E-state index contributed by atoms with van der Waals surface area (Å²) in [5, 5.41) is 9.00. The normalized spacial score (nSPS) is 26.2. The van der Waals surface area contributed by atoms with E-state index in [9.17, 15) is 9.59 Å². The highest BCUT2D eigenvalue weighted by Crippen LogP contribution is 2.35. The highest BCUT2D eigenvalue weighted by Gasteiger charge is 2.38. The summed E-state index contributed by atoms with van der Waals surface area (Å²) in [7, 11) is 0. The van der Waals surface area contributed by atoms with Gasteiger partial charge in [-0.3, -0.25) is 4.79 Å². The van der Waals surface area contributed by atoms with Crippen molar-refractivity contribution >= 4 is 12.0 Å². The second-order valence-electron chi connectivity index (χ2n) is 6.35. The molecule has 2 amide bonds. The van der Waals surface area contributed by atoms with E-state index in [-0.39, 0.29) is 18.6 Å². The van der Waals surface area contributed by atoms with Gasteiger partial charge in [0.25, 0.3) is 0 Å². The zero-order valence-electron chi connectivity index (χ0n) is 12.5. The smallest absolute Gasteiger partial charge is 0.323 e. The molecule has 2 atom stereocenters. The maximum atomic E-state index is 12.7. The van der Waals surface area contributed by atoms with Crippen LogP contribution in [0.5, 0.6) is 0 Å². The first-order valence-corrected chi connectivity index (χ1v) is 7.79. The summed E-state index contributed by atoms with van der Waals surface area (Å²) < 4.78 is 0. The van der Waals surface area contributed by atoms with Crippen LogP contribution >= 0.6 is 0 Å². The van der Waals surface area contributed by atoms with Crippen molar-refractivity contribution < 1.29 is 14.7 Å². The van der Waals surface area contributed by atoms with Gasteiger partial charge in [-0.1, -0.05) is 12.8 Å². The monoisotopic (exact) mass is 282 g/mol. The van der Waals surface area contributed by atoms with E-state index in [1.807, 2.05) is 18.7 Å². The number of rotatable bonds is 3. The van der Waals surface area contributed by atoms with Gasteiger partial charge in [0.05, 0.1) is 0 Å². The summed E-state index contributed by atoms with van der Waals surface area (Å²) in [6.07, 6.45) is 7.02. The molecule has 1 N–H and O–H groups in total. The fourth-order valence-corrected chi connectivity index (χ4v) is 3.64. The standard InChI is InChI=1S/C15H26N2O3/c1-11(2)17(10-14(18)19)15(20)16-9-5-7-12-6-3-4-8-13(12)16/h11-13H,3-10H2,1-2H3,(H,18,19). The van der Waals surface area contributed by atoms with Gasteiger partial charge < -0.3 is 14.9 Å². The molecule has 0 bridgehead atoms. The molecule has 5 nitrogen and oxygen atoms in total. The Labute approximate surface area is 120 Å². The van der Waals surface area contributed by atoms with Crippen molar-refractivity contribution in [1.29, 1.82) is 0 Å². The van der Waals surface area contributed by atoms with Crippen molar-refractivity contribution in [3.63, 3.8) is 0 Å². The number of fused-ring (bicyclic) bond motifs is 1. The van der Waals surface area contributed by atoms with Crippen molar-refractivity contribution in [3.8, 4) is 0 Å². The molecule has 20 heavy (non-hydrogen) atoms. The van der Waals surface area contributed by atoms with Crippen molar-refractivity contribution in [2.24, 2.45) is 5.92 Å². The van der Waals surface area contributed by atoms with Crippen molar-refractivity contribution in [2.75, 3.05) is 13.1 Å². The number of carbonyl (C=O) groups excluding carboxylic acids is 1. The molecule has 5 heteroatoms. The van der Waals surface area contributed by atoms with E-state index < -0.39 is 5.97 Å². The summed E-state index contributed by atoms with van der Waals surface area (Å²) in [5.41, 5.74) is 0. The van der Waals surface area contributed by atoms with Crippen molar-refractivity contribution in [3.05, 3.63) is 0 Å². The molecule has 0 aromatic carbocycles. The number of aliphatic carboxylic acids is 1. The molecule has 2 rings (SSSR count). The van der Waals surface area contributed by atoms with Gasteiger partial charge in [-0.2, -0.15) is 0 Å². The largest absolute Gasteiger partial charge is 0.480 e. The molecule has 2 aliphatic rings. The second kappa shape index (κ2) is 6.46. The van der Waals surface area contributed by atoms with Crippen LogP contribution in [0.2, 0.25) is 0 Å². The number of amides is 2. The van der Waals surface area contributed by atoms with E-state index >= 15 is 0 Å². The molecular weight excluding hydrogens is 256 g/mol. The maximum Gasteiger partial charge on any atom is 0.323 e. The number of nitrogens with zero attached hydrogens (tertiary/aromatic N) is 2. The van der Waals surface area contributed by atoms with Crippen LogP contribution in [0.15, 0.2) is 0 Å². The lowest BCUT2D eigenvalue weighted by Crippen LogP contribution is -2.56. The molecule has 0 aromatic rings. The van der Waals surface area contributed by atoms with E-state index in [4.69, 9.17) is 5.11 Å². The first kappa shape index (κ1) is 15.1. The number of piperidine rings is 1. The van der Waals surface area contributed by atoms with Gasteiger partial charge in [0.15, 0.2) is 0 Å². The van der Waals surface area contributed by atoms with Gasteiger partial charge in [-0.05, 0) is 45.4 Å². The van der Waals surface area contributed by atoms with Crippen LogP contribution in [0.3, 0.4) is 0 Å². The minimum Gasteiger partial charge on any atom is -0.480 e. The Morgan fingerprint density at radius 3 is 2.50 bits per heavy atom. The minimum atomic E-state index is -0.941. The Balaban J connectivity index is 2.10. The lowest BCUT2D eigenvalue weighted by atomic mass is 9.78. The molecule has 1 aliphatic carbocycles. The number of urea groups is 1. The fraction of sp³-hybridized carbons (Fsp3) is 0.867. The summed E-state index contributed by atoms with van der Waals surface area (Å²) in [4.78, 5) is 27.1. The van der Waals surface area contributed by atoms with Crippen molar-refractivity contribution in [1.82, 2.24) is 9.80 Å². The van der Waals surface area contributed by atoms with E-state index in [0.29, 0.717) is 12.0 Å². The molecular formula is C15H26N2O3. The minimum absolute atomic E-state index is 0.0810. The Hall–Kier alpha value is -1.26. The number of carboxylic acid groups (broad SMARTS) is 1. The predicted octanol–water partition coefficient (Wildman–Crippen LogP) is 2.56. The molecule has 1 saturated carbocycles. The van der Waals surface area contributed by atoms with Crippen LogP contribution in [0.1, 0.15) is 52.4 Å². The summed E-state index contributed by atoms with van der Waals surface area (Å²) >= 11 is 0. The van der Waals surface area contributed by atoms with Crippen LogP contribution in [-0.4, -0.2) is 52.1 Å². The SMILES string of the molecule is CC(C)N(CC(=O)O)C(=O)N1CCCC2CCCCC21. The molecule has 1 heterocycles. The quantitative estimate of drug-likeness (QED) is 0.865. The Kier molecular flexibility index (Phi) is 4.89.